The summed E-state index contributed by atoms with van der Waals surface area (Å²) in [5.74, 6) is 0.591. The number of unbranched alkanes of at least 4 members (excludes halogenated alkanes) is 9. The lowest BCUT2D eigenvalue weighted by molar-refractivity contribution is 0.493. The summed E-state index contributed by atoms with van der Waals surface area (Å²) in [5.41, 5.74) is 0. The second-order valence-electron chi connectivity index (χ2n) is 5.90. The molecule has 0 spiro atoms. The van der Waals surface area contributed by atoms with Gasteiger partial charge in [-0.25, -0.2) is 0 Å². The molecular weight excluding hydrogens is 315 g/mol. The third-order valence-corrected chi connectivity index (χ3v) is 5.81. The summed E-state index contributed by atoms with van der Waals surface area (Å²) in [6.45, 7) is -0.769. The molecule has 0 bridgehead atoms. The van der Waals surface area contributed by atoms with E-state index in [4.69, 9.17) is 15.8 Å². The minimum absolute atomic E-state index is 0.458. The topological polar surface area (TPSA) is 26.3 Å². The quantitative estimate of drug-likeness (QED) is 0.275. The minimum Gasteiger partial charge on any atom is -0.433 e. The van der Waals surface area contributed by atoms with Gasteiger partial charge in [0.1, 0.15) is 5.75 Å². The lowest BCUT2D eigenvalue weighted by Crippen LogP contribution is -1.93. The summed E-state index contributed by atoms with van der Waals surface area (Å²) in [7, 11) is 0. The van der Waals surface area contributed by atoms with Crippen LogP contribution in [0.3, 0.4) is 0 Å². The van der Waals surface area contributed by atoms with E-state index >= 15 is 0 Å². The monoisotopic (exact) mass is 344 g/mol. The van der Waals surface area contributed by atoms with Crippen LogP contribution in [-0.4, -0.2) is 6.16 Å². The molecule has 0 saturated heterocycles. The molecule has 4 heteroatoms. The van der Waals surface area contributed by atoms with Crippen molar-refractivity contribution in [2.75, 3.05) is 6.16 Å². The van der Waals surface area contributed by atoms with Gasteiger partial charge in [-0.2, -0.15) is 0 Å². The maximum absolute atomic E-state index is 12.2. The lowest BCUT2D eigenvalue weighted by Gasteiger charge is -2.12. The molecule has 0 aliphatic heterocycles. The largest absolute Gasteiger partial charge is 0.433 e. The SMILES string of the molecule is CCCCCCCCCCCCP(=O)(Cl)Oc1ccccc1. The Kier molecular flexibility index (Phi) is 10.7. The molecular formula is C18H30ClO2P. The first kappa shape index (κ1) is 19.6. The number of rotatable bonds is 13. The van der Waals surface area contributed by atoms with Crippen molar-refractivity contribution in [3.63, 3.8) is 0 Å². The van der Waals surface area contributed by atoms with E-state index in [0.29, 0.717) is 11.9 Å². The molecule has 0 amide bonds. The highest BCUT2D eigenvalue weighted by Gasteiger charge is 2.20. The molecule has 126 valence electrons. The Labute approximate surface area is 140 Å². The summed E-state index contributed by atoms with van der Waals surface area (Å²) >= 11 is 6.02. The molecule has 0 aliphatic rings. The normalized spacial score (nSPS) is 13.7. The minimum atomic E-state index is -3.02. The molecule has 0 radical (unpaired) electrons. The predicted molar refractivity (Wildman–Crippen MR) is 97.2 cm³/mol. The molecule has 1 unspecified atom stereocenters. The molecule has 22 heavy (non-hydrogen) atoms. The van der Waals surface area contributed by atoms with Gasteiger partial charge in [0.2, 0.25) is 0 Å². The highest BCUT2D eigenvalue weighted by molar-refractivity contribution is 7.85. The van der Waals surface area contributed by atoms with Crippen molar-refractivity contribution in [3.05, 3.63) is 30.3 Å². The van der Waals surface area contributed by atoms with Gasteiger partial charge in [-0.05, 0) is 29.8 Å². The first-order valence-electron chi connectivity index (χ1n) is 8.67. The first-order chi connectivity index (χ1) is 10.6. The van der Waals surface area contributed by atoms with E-state index in [2.05, 4.69) is 6.92 Å². The van der Waals surface area contributed by atoms with Gasteiger partial charge in [-0.3, -0.25) is 4.57 Å². The van der Waals surface area contributed by atoms with Crippen molar-refractivity contribution in [1.82, 2.24) is 0 Å². The smallest absolute Gasteiger partial charge is 0.336 e. The standard InChI is InChI=1S/C18H30ClO2P/c1-2-3-4-5-6-7-8-9-10-14-17-22(19,20)21-18-15-12-11-13-16-18/h11-13,15-16H,2-10,14,17H2,1H3. The van der Waals surface area contributed by atoms with Crippen molar-refractivity contribution >= 4 is 18.0 Å². The summed E-state index contributed by atoms with van der Waals surface area (Å²) < 4.78 is 17.6. The van der Waals surface area contributed by atoms with Crippen LogP contribution >= 0.6 is 18.0 Å². The van der Waals surface area contributed by atoms with Crippen LogP contribution in [0, 0.1) is 0 Å². The zero-order valence-corrected chi connectivity index (χ0v) is 15.5. The Hall–Kier alpha value is -0.460. The van der Waals surface area contributed by atoms with Crippen LogP contribution in [0.1, 0.15) is 71.1 Å². The first-order valence-corrected chi connectivity index (χ1v) is 11.4. The van der Waals surface area contributed by atoms with Gasteiger partial charge in [0.15, 0.2) is 0 Å². The third kappa shape index (κ3) is 10.3. The average Bonchev–Trinajstić information content (AvgIpc) is 2.49. The highest BCUT2D eigenvalue weighted by Crippen LogP contribution is 2.52. The fourth-order valence-corrected chi connectivity index (χ4v) is 4.20. The van der Waals surface area contributed by atoms with E-state index in [0.717, 1.165) is 12.8 Å². The lowest BCUT2D eigenvalue weighted by atomic mass is 10.1. The zero-order valence-electron chi connectivity index (χ0n) is 13.8. The van der Waals surface area contributed by atoms with Crippen molar-refractivity contribution < 1.29 is 9.09 Å². The second-order valence-corrected chi connectivity index (χ2v) is 9.26. The Balaban J connectivity index is 2.00. The van der Waals surface area contributed by atoms with E-state index in [1.54, 1.807) is 12.1 Å². The van der Waals surface area contributed by atoms with E-state index in [1.807, 2.05) is 18.2 Å². The highest BCUT2D eigenvalue weighted by atomic mass is 35.7. The van der Waals surface area contributed by atoms with Crippen LogP contribution in [0.5, 0.6) is 5.75 Å². The van der Waals surface area contributed by atoms with E-state index in [1.165, 1.54) is 51.4 Å². The van der Waals surface area contributed by atoms with Gasteiger partial charge < -0.3 is 4.52 Å². The third-order valence-electron chi connectivity index (χ3n) is 3.76. The van der Waals surface area contributed by atoms with Crippen LogP contribution in [0.4, 0.5) is 0 Å². The fourth-order valence-electron chi connectivity index (χ4n) is 2.47. The van der Waals surface area contributed by atoms with Crippen LogP contribution in [0.25, 0.3) is 0 Å². The van der Waals surface area contributed by atoms with E-state index in [-0.39, 0.29) is 0 Å². The maximum atomic E-state index is 12.2. The Morgan fingerprint density at radius 2 is 1.36 bits per heavy atom. The van der Waals surface area contributed by atoms with Crippen LogP contribution in [0.15, 0.2) is 30.3 Å². The van der Waals surface area contributed by atoms with Gasteiger partial charge in [-0.1, -0.05) is 82.9 Å². The molecule has 1 rings (SSSR count). The van der Waals surface area contributed by atoms with Gasteiger partial charge in [0.25, 0.3) is 0 Å². The average molecular weight is 345 g/mol. The fraction of sp³-hybridized carbons (Fsp3) is 0.667. The molecule has 0 heterocycles. The van der Waals surface area contributed by atoms with Gasteiger partial charge in [0.05, 0.1) is 0 Å². The summed E-state index contributed by atoms with van der Waals surface area (Å²) in [4.78, 5) is 0. The molecule has 0 fully saturated rings. The molecule has 1 aromatic carbocycles. The van der Waals surface area contributed by atoms with Crippen LogP contribution < -0.4 is 4.52 Å². The number of hydrogen-bond donors (Lipinski definition) is 0. The molecule has 0 aliphatic carbocycles. The molecule has 0 aromatic heterocycles. The van der Waals surface area contributed by atoms with Gasteiger partial charge in [-0.15, -0.1) is 0 Å². The molecule has 1 aromatic rings. The molecule has 0 N–H and O–H groups in total. The maximum Gasteiger partial charge on any atom is 0.336 e. The Bertz CT molecular complexity index is 422. The molecule has 2 nitrogen and oxygen atoms in total. The zero-order chi connectivity index (χ0) is 16.1. The Morgan fingerprint density at radius 3 is 1.91 bits per heavy atom. The van der Waals surface area contributed by atoms with Crippen molar-refractivity contribution in [2.24, 2.45) is 0 Å². The van der Waals surface area contributed by atoms with Gasteiger partial charge in [0, 0.05) is 6.16 Å². The van der Waals surface area contributed by atoms with Gasteiger partial charge >= 0.3 is 6.72 Å². The number of hydrogen-bond acceptors (Lipinski definition) is 2. The number of para-hydroxylation sites is 1. The number of halogens is 1. The second kappa shape index (κ2) is 12.0. The van der Waals surface area contributed by atoms with E-state index < -0.39 is 6.72 Å². The molecule has 1 atom stereocenters. The number of benzene rings is 1. The van der Waals surface area contributed by atoms with Crippen molar-refractivity contribution in [1.29, 1.82) is 0 Å². The molecule has 0 saturated carbocycles. The summed E-state index contributed by atoms with van der Waals surface area (Å²) in [6.07, 6.45) is 13.0. The van der Waals surface area contributed by atoms with Crippen LogP contribution in [-0.2, 0) is 4.57 Å². The van der Waals surface area contributed by atoms with Crippen molar-refractivity contribution in [2.45, 2.75) is 71.1 Å². The van der Waals surface area contributed by atoms with Crippen molar-refractivity contribution in [3.8, 4) is 5.75 Å². The van der Waals surface area contributed by atoms with Crippen LogP contribution in [0.2, 0.25) is 0 Å². The predicted octanol–water partition coefficient (Wildman–Crippen LogP) is 7.42. The summed E-state index contributed by atoms with van der Waals surface area (Å²) in [6, 6.07) is 9.18. The Morgan fingerprint density at radius 1 is 0.864 bits per heavy atom. The summed E-state index contributed by atoms with van der Waals surface area (Å²) in [5, 5.41) is 0. The van der Waals surface area contributed by atoms with E-state index in [9.17, 15) is 4.57 Å².